The third-order valence-electron chi connectivity index (χ3n) is 5.19. The van der Waals surface area contributed by atoms with E-state index in [1.807, 2.05) is 13.0 Å². The Bertz CT molecular complexity index is 1280. The average Bonchev–Trinajstić information content (AvgIpc) is 3.43. The molecular formula is C21H20FN7O3. The number of aromatic amines is 2. The maximum absolute atomic E-state index is 14.2. The second-order valence-corrected chi connectivity index (χ2v) is 7.42. The first-order valence-electron chi connectivity index (χ1n) is 10.1. The molecule has 4 aromatic rings. The van der Waals surface area contributed by atoms with Crippen molar-refractivity contribution in [2.75, 3.05) is 19.8 Å². The molecular weight excluding hydrogens is 417 g/mol. The summed E-state index contributed by atoms with van der Waals surface area (Å²) >= 11 is 0. The highest BCUT2D eigenvalue weighted by atomic mass is 19.1. The molecule has 0 saturated carbocycles. The number of aromatic nitrogens is 6. The van der Waals surface area contributed by atoms with Crippen molar-refractivity contribution in [3.05, 3.63) is 59.3 Å². The first-order valence-corrected chi connectivity index (χ1v) is 10.1. The number of ether oxygens (including phenoxy) is 2. The fraction of sp³-hybridized carbons (Fsp3) is 0.286. The van der Waals surface area contributed by atoms with Crippen LogP contribution in [0.1, 0.15) is 33.7 Å². The standard InChI is InChI=1S/C21H20FN7O3/c1-11-15(8-26-29-11)13-4-12(5-14(22)6-13)7-23-21(30)18-17-20(25-10-24-18)28-19(27-17)16-9-31-2-3-32-16/h4-6,8,10,16H,2-3,7,9H2,1H3,(H,23,30)(H,26,29)(H,24,25,27,28). The van der Waals surface area contributed by atoms with Crippen LogP contribution in [-0.4, -0.2) is 55.9 Å². The van der Waals surface area contributed by atoms with Gasteiger partial charge in [0.25, 0.3) is 5.91 Å². The van der Waals surface area contributed by atoms with Crippen LogP contribution in [0.25, 0.3) is 22.3 Å². The number of nitrogens with one attached hydrogen (secondary N) is 3. The van der Waals surface area contributed by atoms with Crippen molar-refractivity contribution < 1.29 is 18.7 Å². The van der Waals surface area contributed by atoms with Crippen LogP contribution in [0.4, 0.5) is 4.39 Å². The lowest BCUT2D eigenvalue weighted by Gasteiger charge is -2.20. The van der Waals surface area contributed by atoms with Gasteiger partial charge < -0.3 is 19.8 Å². The van der Waals surface area contributed by atoms with E-state index in [9.17, 15) is 9.18 Å². The highest BCUT2D eigenvalue weighted by molar-refractivity contribution is 6.02. The van der Waals surface area contributed by atoms with Crippen LogP contribution in [0.5, 0.6) is 0 Å². The molecule has 0 aliphatic carbocycles. The monoisotopic (exact) mass is 437 g/mol. The minimum absolute atomic E-state index is 0.118. The van der Waals surface area contributed by atoms with E-state index in [2.05, 4.69) is 35.5 Å². The molecule has 5 rings (SSSR count). The molecule has 1 aromatic carbocycles. The number of halogens is 1. The van der Waals surface area contributed by atoms with E-state index >= 15 is 0 Å². The SMILES string of the molecule is Cc1[nH]ncc1-c1cc(F)cc(CNC(=O)c2ncnc3nc(C4COCCO4)[nH]c23)c1. The van der Waals surface area contributed by atoms with Gasteiger partial charge in [-0.2, -0.15) is 5.10 Å². The van der Waals surface area contributed by atoms with Gasteiger partial charge in [-0.15, -0.1) is 0 Å². The van der Waals surface area contributed by atoms with Gasteiger partial charge in [0.15, 0.2) is 11.3 Å². The number of hydrogen-bond acceptors (Lipinski definition) is 7. The van der Waals surface area contributed by atoms with Gasteiger partial charge in [0, 0.05) is 17.8 Å². The first kappa shape index (κ1) is 20.2. The molecule has 32 heavy (non-hydrogen) atoms. The zero-order chi connectivity index (χ0) is 22.1. The number of fused-ring (bicyclic) bond motifs is 1. The summed E-state index contributed by atoms with van der Waals surface area (Å²) in [7, 11) is 0. The summed E-state index contributed by atoms with van der Waals surface area (Å²) in [4.78, 5) is 28.6. The van der Waals surface area contributed by atoms with Crippen molar-refractivity contribution in [2.24, 2.45) is 0 Å². The Morgan fingerprint density at radius 2 is 2.19 bits per heavy atom. The van der Waals surface area contributed by atoms with Crippen molar-refractivity contribution in [1.29, 1.82) is 0 Å². The number of hydrogen-bond donors (Lipinski definition) is 3. The molecule has 164 valence electrons. The van der Waals surface area contributed by atoms with Crippen molar-refractivity contribution in [3.8, 4) is 11.1 Å². The Hall–Kier alpha value is -3.70. The van der Waals surface area contributed by atoms with Gasteiger partial charge in [-0.05, 0) is 36.2 Å². The lowest BCUT2D eigenvalue weighted by Crippen LogP contribution is -2.24. The smallest absolute Gasteiger partial charge is 0.272 e. The minimum Gasteiger partial charge on any atom is -0.376 e. The zero-order valence-corrected chi connectivity index (χ0v) is 17.2. The van der Waals surface area contributed by atoms with Crippen LogP contribution in [0.15, 0.2) is 30.7 Å². The van der Waals surface area contributed by atoms with Gasteiger partial charge in [-0.25, -0.2) is 19.3 Å². The summed E-state index contributed by atoms with van der Waals surface area (Å²) in [6, 6.07) is 4.62. The van der Waals surface area contributed by atoms with Crippen LogP contribution in [0, 0.1) is 12.7 Å². The first-order chi connectivity index (χ1) is 15.6. The Kier molecular flexibility index (Phi) is 5.33. The Morgan fingerprint density at radius 1 is 1.28 bits per heavy atom. The molecule has 1 fully saturated rings. The number of rotatable bonds is 5. The highest BCUT2D eigenvalue weighted by Gasteiger charge is 2.23. The molecule has 0 radical (unpaired) electrons. The number of carbonyl (C=O) groups is 1. The van der Waals surface area contributed by atoms with Crippen molar-refractivity contribution in [3.63, 3.8) is 0 Å². The fourth-order valence-corrected chi connectivity index (χ4v) is 3.63. The van der Waals surface area contributed by atoms with Crippen molar-refractivity contribution in [2.45, 2.75) is 19.6 Å². The lowest BCUT2D eigenvalue weighted by atomic mass is 10.0. The van der Waals surface area contributed by atoms with E-state index in [4.69, 9.17) is 9.47 Å². The van der Waals surface area contributed by atoms with E-state index in [-0.39, 0.29) is 18.3 Å². The van der Waals surface area contributed by atoms with Gasteiger partial charge in [0.1, 0.15) is 29.6 Å². The van der Waals surface area contributed by atoms with Gasteiger partial charge in [0.2, 0.25) is 0 Å². The molecule has 3 N–H and O–H groups in total. The van der Waals surface area contributed by atoms with E-state index in [1.54, 1.807) is 6.20 Å². The Morgan fingerprint density at radius 3 is 2.97 bits per heavy atom. The molecule has 1 aliphatic heterocycles. The number of H-pyrrole nitrogens is 2. The number of imidazole rings is 1. The van der Waals surface area contributed by atoms with Crippen molar-refractivity contribution in [1.82, 2.24) is 35.5 Å². The summed E-state index contributed by atoms with van der Waals surface area (Å²) in [6.07, 6.45) is 2.56. The van der Waals surface area contributed by atoms with E-state index in [0.29, 0.717) is 47.9 Å². The van der Waals surface area contributed by atoms with Crippen LogP contribution < -0.4 is 5.32 Å². The molecule has 0 spiro atoms. The summed E-state index contributed by atoms with van der Waals surface area (Å²) in [5, 5.41) is 9.60. The van der Waals surface area contributed by atoms with Crippen LogP contribution in [0.3, 0.4) is 0 Å². The van der Waals surface area contributed by atoms with E-state index < -0.39 is 11.7 Å². The molecule has 4 heterocycles. The molecule has 11 heteroatoms. The number of carbonyl (C=O) groups excluding carboxylic acids is 1. The Labute approximate surface area is 181 Å². The van der Waals surface area contributed by atoms with Gasteiger partial charge in [-0.1, -0.05) is 0 Å². The van der Waals surface area contributed by atoms with Crippen LogP contribution in [0.2, 0.25) is 0 Å². The molecule has 1 unspecified atom stereocenters. The molecule has 1 atom stereocenters. The Balaban J connectivity index is 1.36. The van der Waals surface area contributed by atoms with Gasteiger partial charge in [0.05, 0.1) is 26.0 Å². The summed E-state index contributed by atoms with van der Waals surface area (Å²) in [5.41, 5.74) is 3.83. The van der Waals surface area contributed by atoms with Crippen LogP contribution in [-0.2, 0) is 16.0 Å². The van der Waals surface area contributed by atoms with Crippen molar-refractivity contribution >= 4 is 17.1 Å². The third kappa shape index (κ3) is 3.95. The lowest BCUT2D eigenvalue weighted by molar-refractivity contribution is -0.0931. The van der Waals surface area contributed by atoms with Crippen LogP contribution >= 0.6 is 0 Å². The highest BCUT2D eigenvalue weighted by Crippen LogP contribution is 2.24. The predicted molar refractivity (Wildman–Crippen MR) is 111 cm³/mol. The quantitative estimate of drug-likeness (QED) is 0.436. The summed E-state index contributed by atoms with van der Waals surface area (Å²) in [6.45, 7) is 3.35. The third-order valence-corrected chi connectivity index (χ3v) is 5.19. The predicted octanol–water partition coefficient (Wildman–Crippen LogP) is 2.21. The minimum atomic E-state index is -0.432. The van der Waals surface area contributed by atoms with E-state index in [0.717, 1.165) is 11.3 Å². The maximum atomic E-state index is 14.2. The fourth-order valence-electron chi connectivity index (χ4n) is 3.63. The molecule has 0 bridgehead atoms. The second-order valence-electron chi connectivity index (χ2n) is 7.42. The number of benzene rings is 1. The summed E-state index contributed by atoms with van der Waals surface area (Å²) < 4.78 is 25.3. The number of amides is 1. The van der Waals surface area contributed by atoms with Gasteiger partial charge in [-0.3, -0.25) is 9.89 Å². The number of aryl methyl sites for hydroxylation is 1. The largest absolute Gasteiger partial charge is 0.376 e. The van der Waals surface area contributed by atoms with Gasteiger partial charge >= 0.3 is 0 Å². The average molecular weight is 437 g/mol. The zero-order valence-electron chi connectivity index (χ0n) is 17.2. The molecule has 1 aliphatic rings. The van der Waals surface area contributed by atoms with E-state index in [1.165, 1.54) is 18.5 Å². The maximum Gasteiger partial charge on any atom is 0.272 e. The summed E-state index contributed by atoms with van der Waals surface area (Å²) in [5.74, 6) is -0.303. The molecule has 1 amide bonds. The second kappa shape index (κ2) is 8.44. The normalized spacial score (nSPS) is 16.4. The topological polar surface area (TPSA) is 131 Å². The molecule has 1 saturated heterocycles. The molecule has 3 aromatic heterocycles. The molecule has 10 nitrogen and oxygen atoms in total. The number of nitrogens with zero attached hydrogens (tertiary/aromatic N) is 4.